The van der Waals surface area contributed by atoms with Crippen LogP contribution in [0.5, 0.6) is 0 Å². The lowest BCUT2D eigenvalue weighted by molar-refractivity contribution is 0.595. The predicted molar refractivity (Wildman–Crippen MR) is 73.1 cm³/mol. The molecule has 0 bridgehead atoms. The monoisotopic (exact) mass is 283 g/mol. The largest absolute Gasteiger partial charge is 0.382 e. The molecule has 0 spiro atoms. The van der Waals surface area contributed by atoms with Crippen LogP contribution in [0.2, 0.25) is 0 Å². The summed E-state index contributed by atoms with van der Waals surface area (Å²) in [5, 5.41) is 3.42. The van der Waals surface area contributed by atoms with E-state index >= 15 is 0 Å². The van der Waals surface area contributed by atoms with Crippen LogP contribution in [0.25, 0.3) is 0 Å². The van der Waals surface area contributed by atoms with Gasteiger partial charge in [-0.1, -0.05) is 15.9 Å². The molecule has 0 saturated carbocycles. The molecule has 0 fully saturated rings. The zero-order valence-corrected chi connectivity index (χ0v) is 11.1. The number of fused-ring (bicyclic) bond motifs is 1. The topological polar surface area (TPSA) is 41.3 Å². The maximum atomic E-state index is 5.63. The average Bonchev–Trinajstić information content (AvgIpc) is 2.28. The summed E-state index contributed by atoms with van der Waals surface area (Å²) in [6.07, 6.45) is 1.03. The van der Waals surface area contributed by atoms with E-state index < -0.39 is 0 Å². The van der Waals surface area contributed by atoms with E-state index in [1.54, 1.807) is 0 Å². The van der Waals surface area contributed by atoms with Gasteiger partial charge in [0.05, 0.1) is 11.4 Å². The standard InChI is InChI=1S/C12H18BrN3/c1-9(4-5-14)16-7-6-15-11-3-2-10(13)8-12(11)16/h2-3,8-9,15H,4-7,14H2,1H3. The molecule has 1 atom stereocenters. The number of nitrogens with zero attached hydrogens (tertiary/aromatic N) is 1. The van der Waals surface area contributed by atoms with Crippen molar-refractivity contribution in [2.45, 2.75) is 19.4 Å². The third-order valence-corrected chi connectivity index (χ3v) is 3.55. The summed E-state index contributed by atoms with van der Waals surface area (Å²) in [4.78, 5) is 2.43. The van der Waals surface area contributed by atoms with Crippen molar-refractivity contribution in [3.63, 3.8) is 0 Å². The molecule has 1 heterocycles. The summed E-state index contributed by atoms with van der Waals surface area (Å²) in [7, 11) is 0. The van der Waals surface area contributed by atoms with Gasteiger partial charge in [0.2, 0.25) is 0 Å². The molecule has 1 aliphatic rings. The summed E-state index contributed by atoms with van der Waals surface area (Å²) in [5.41, 5.74) is 8.13. The van der Waals surface area contributed by atoms with Crippen molar-refractivity contribution >= 4 is 27.3 Å². The minimum absolute atomic E-state index is 0.500. The minimum Gasteiger partial charge on any atom is -0.382 e. The quantitative estimate of drug-likeness (QED) is 0.895. The fourth-order valence-electron chi connectivity index (χ4n) is 2.18. The van der Waals surface area contributed by atoms with Crippen molar-refractivity contribution in [2.24, 2.45) is 5.73 Å². The second kappa shape index (κ2) is 5.06. The Morgan fingerprint density at radius 3 is 3.12 bits per heavy atom. The second-order valence-corrected chi connectivity index (χ2v) is 5.12. The van der Waals surface area contributed by atoms with E-state index in [2.05, 4.69) is 51.3 Å². The van der Waals surface area contributed by atoms with Gasteiger partial charge in [-0.15, -0.1) is 0 Å². The van der Waals surface area contributed by atoms with Crippen molar-refractivity contribution in [2.75, 3.05) is 29.9 Å². The Morgan fingerprint density at radius 1 is 1.56 bits per heavy atom. The Balaban J connectivity index is 2.27. The Labute approximate surface area is 105 Å². The van der Waals surface area contributed by atoms with Crippen LogP contribution in [-0.2, 0) is 0 Å². The van der Waals surface area contributed by atoms with Crippen LogP contribution in [-0.4, -0.2) is 25.7 Å². The number of benzene rings is 1. The SMILES string of the molecule is CC(CCN)N1CCNc2ccc(Br)cc21. The lowest BCUT2D eigenvalue weighted by atomic mass is 10.1. The molecule has 0 saturated heterocycles. The fraction of sp³-hybridized carbons (Fsp3) is 0.500. The first-order valence-electron chi connectivity index (χ1n) is 5.72. The van der Waals surface area contributed by atoms with Gasteiger partial charge in [-0.3, -0.25) is 0 Å². The van der Waals surface area contributed by atoms with E-state index in [0.29, 0.717) is 6.04 Å². The van der Waals surface area contributed by atoms with Crippen molar-refractivity contribution in [1.29, 1.82) is 0 Å². The van der Waals surface area contributed by atoms with Crippen LogP contribution in [0.15, 0.2) is 22.7 Å². The number of hydrogen-bond acceptors (Lipinski definition) is 3. The number of rotatable bonds is 3. The van der Waals surface area contributed by atoms with Gasteiger partial charge in [-0.25, -0.2) is 0 Å². The van der Waals surface area contributed by atoms with Crippen LogP contribution in [0.1, 0.15) is 13.3 Å². The number of halogens is 1. The first-order valence-corrected chi connectivity index (χ1v) is 6.52. The lowest BCUT2D eigenvalue weighted by Crippen LogP contribution is -2.41. The molecule has 4 heteroatoms. The molecule has 0 radical (unpaired) electrons. The number of hydrogen-bond donors (Lipinski definition) is 2. The van der Waals surface area contributed by atoms with Crippen LogP contribution >= 0.6 is 15.9 Å². The van der Waals surface area contributed by atoms with E-state index in [9.17, 15) is 0 Å². The highest BCUT2D eigenvalue weighted by molar-refractivity contribution is 9.10. The lowest BCUT2D eigenvalue weighted by Gasteiger charge is -2.36. The normalized spacial score (nSPS) is 16.6. The molecule has 1 unspecified atom stereocenters. The van der Waals surface area contributed by atoms with E-state index in [-0.39, 0.29) is 0 Å². The Kier molecular flexibility index (Phi) is 3.71. The van der Waals surface area contributed by atoms with Crippen molar-refractivity contribution in [3.8, 4) is 0 Å². The zero-order chi connectivity index (χ0) is 11.5. The smallest absolute Gasteiger partial charge is 0.0616 e. The fourth-order valence-corrected chi connectivity index (χ4v) is 2.53. The van der Waals surface area contributed by atoms with Gasteiger partial charge in [-0.2, -0.15) is 0 Å². The van der Waals surface area contributed by atoms with Gasteiger partial charge < -0.3 is 16.0 Å². The van der Waals surface area contributed by atoms with E-state index in [1.807, 2.05) is 0 Å². The van der Waals surface area contributed by atoms with Crippen LogP contribution in [0, 0.1) is 0 Å². The number of nitrogens with two attached hydrogens (primary N) is 1. The molecule has 88 valence electrons. The molecule has 1 aromatic carbocycles. The van der Waals surface area contributed by atoms with Crippen molar-refractivity contribution in [1.82, 2.24) is 0 Å². The molecular formula is C12H18BrN3. The third-order valence-electron chi connectivity index (χ3n) is 3.05. The van der Waals surface area contributed by atoms with Gasteiger partial charge in [0.25, 0.3) is 0 Å². The molecule has 0 aliphatic carbocycles. The molecule has 0 amide bonds. The highest BCUT2D eigenvalue weighted by atomic mass is 79.9. The van der Waals surface area contributed by atoms with Gasteiger partial charge in [0, 0.05) is 23.6 Å². The summed E-state index contributed by atoms with van der Waals surface area (Å²) in [6, 6.07) is 6.87. The van der Waals surface area contributed by atoms with Gasteiger partial charge >= 0.3 is 0 Å². The molecule has 1 aromatic rings. The number of anilines is 2. The first kappa shape index (κ1) is 11.7. The van der Waals surface area contributed by atoms with Gasteiger partial charge in [0.15, 0.2) is 0 Å². The molecule has 2 rings (SSSR count). The van der Waals surface area contributed by atoms with Crippen molar-refractivity contribution < 1.29 is 0 Å². The molecule has 0 aromatic heterocycles. The van der Waals surface area contributed by atoms with E-state index in [4.69, 9.17) is 5.73 Å². The molecule has 3 N–H and O–H groups in total. The van der Waals surface area contributed by atoms with E-state index in [1.165, 1.54) is 11.4 Å². The maximum absolute atomic E-state index is 5.63. The molecule has 3 nitrogen and oxygen atoms in total. The number of nitrogens with one attached hydrogen (secondary N) is 1. The summed E-state index contributed by atoms with van der Waals surface area (Å²) >= 11 is 3.53. The molecule has 16 heavy (non-hydrogen) atoms. The average molecular weight is 284 g/mol. The summed E-state index contributed by atoms with van der Waals surface area (Å²) in [6.45, 7) is 5.03. The first-order chi connectivity index (χ1) is 7.72. The molecule has 1 aliphatic heterocycles. The van der Waals surface area contributed by atoms with Crippen LogP contribution < -0.4 is 16.0 Å². The predicted octanol–water partition coefficient (Wildman–Crippen LogP) is 2.42. The highest BCUT2D eigenvalue weighted by Crippen LogP contribution is 2.33. The van der Waals surface area contributed by atoms with Crippen LogP contribution in [0.3, 0.4) is 0 Å². The van der Waals surface area contributed by atoms with Crippen molar-refractivity contribution in [3.05, 3.63) is 22.7 Å². The minimum atomic E-state index is 0.500. The van der Waals surface area contributed by atoms with Crippen LogP contribution in [0.4, 0.5) is 11.4 Å². The van der Waals surface area contributed by atoms with Gasteiger partial charge in [0.1, 0.15) is 0 Å². The zero-order valence-electron chi connectivity index (χ0n) is 9.54. The van der Waals surface area contributed by atoms with E-state index in [0.717, 1.165) is 30.5 Å². The highest BCUT2D eigenvalue weighted by Gasteiger charge is 2.20. The Morgan fingerprint density at radius 2 is 2.38 bits per heavy atom. The third kappa shape index (κ3) is 2.33. The van der Waals surface area contributed by atoms with Gasteiger partial charge in [-0.05, 0) is 38.1 Å². The summed E-state index contributed by atoms with van der Waals surface area (Å²) in [5.74, 6) is 0. The second-order valence-electron chi connectivity index (χ2n) is 4.21. The Hall–Kier alpha value is -0.740. The maximum Gasteiger partial charge on any atom is 0.0616 e. The Bertz CT molecular complexity index is 367. The molecular weight excluding hydrogens is 266 g/mol. The summed E-state index contributed by atoms with van der Waals surface area (Å²) < 4.78 is 1.12.